The van der Waals surface area contributed by atoms with Crippen LogP contribution in [0.3, 0.4) is 0 Å². The van der Waals surface area contributed by atoms with Crippen molar-refractivity contribution in [2.24, 2.45) is 0 Å². The smallest absolute Gasteiger partial charge is 0.0593 e. The molecule has 0 amide bonds. The molecule has 0 aliphatic heterocycles. The lowest BCUT2D eigenvalue weighted by atomic mass is 10.2. The highest BCUT2D eigenvalue weighted by Gasteiger charge is 1.86. The van der Waals surface area contributed by atoms with E-state index in [9.17, 15) is 0 Å². The van der Waals surface area contributed by atoms with Crippen LogP contribution in [0.5, 0.6) is 0 Å². The van der Waals surface area contributed by atoms with Gasteiger partial charge in [0.25, 0.3) is 0 Å². The molecule has 0 aromatic heterocycles. The lowest BCUT2D eigenvalue weighted by Gasteiger charge is -2.07. The zero-order valence-corrected chi connectivity index (χ0v) is 11.3. The molecule has 92 valence electrons. The van der Waals surface area contributed by atoms with E-state index in [4.69, 9.17) is 4.74 Å². The Labute approximate surface area is 100 Å². The van der Waals surface area contributed by atoms with Crippen LogP contribution in [0.2, 0.25) is 0 Å². The molecule has 0 radical (unpaired) electrons. The molecule has 16 heavy (non-hydrogen) atoms. The lowest BCUT2D eigenvalue weighted by Crippen LogP contribution is -2.17. The zero-order valence-electron chi connectivity index (χ0n) is 11.3. The first kappa shape index (κ1) is 15.1. The van der Waals surface area contributed by atoms with E-state index in [0.29, 0.717) is 0 Å². The van der Waals surface area contributed by atoms with Crippen molar-refractivity contribution in [3.05, 3.63) is 35.4 Å². The van der Waals surface area contributed by atoms with Gasteiger partial charge in [-0.25, -0.2) is 0 Å². The highest BCUT2D eigenvalue weighted by Crippen LogP contribution is 1.99. The first-order chi connectivity index (χ1) is 7.56. The molecule has 0 saturated heterocycles. The Morgan fingerprint density at radius 2 is 1.44 bits per heavy atom. The van der Waals surface area contributed by atoms with E-state index in [1.54, 1.807) is 0 Å². The van der Waals surface area contributed by atoms with Gasteiger partial charge >= 0.3 is 0 Å². The molecule has 1 rings (SSSR count). The van der Waals surface area contributed by atoms with Gasteiger partial charge in [0.15, 0.2) is 0 Å². The van der Waals surface area contributed by atoms with Crippen molar-refractivity contribution in [3.63, 3.8) is 0 Å². The Balaban J connectivity index is 0.000000281. The summed E-state index contributed by atoms with van der Waals surface area (Å²) in [4.78, 5) is 2.11. The first-order valence-electron chi connectivity index (χ1n) is 5.82. The van der Waals surface area contributed by atoms with E-state index in [0.717, 1.165) is 19.8 Å². The molecule has 0 heterocycles. The SMILES string of the molecule is CCOCCN(C)C.Cc1ccc(C)cc1. The number of hydrogen-bond donors (Lipinski definition) is 0. The molecule has 1 aromatic rings. The Morgan fingerprint density at radius 3 is 1.75 bits per heavy atom. The quantitative estimate of drug-likeness (QED) is 0.728. The van der Waals surface area contributed by atoms with Crippen molar-refractivity contribution >= 4 is 0 Å². The normalized spacial score (nSPS) is 9.88. The van der Waals surface area contributed by atoms with Gasteiger partial charge < -0.3 is 9.64 Å². The molecule has 0 N–H and O–H groups in total. The summed E-state index contributed by atoms with van der Waals surface area (Å²) in [5, 5.41) is 0. The molecule has 0 atom stereocenters. The van der Waals surface area contributed by atoms with E-state index >= 15 is 0 Å². The van der Waals surface area contributed by atoms with Crippen LogP contribution < -0.4 is 0 Å². The summed E-state index contributed by atoms with van der Waals surface area (Å²) >= 11 is 0. The van der Waals surface area contributed by atoms with Crippen LogP contribution in [0.25, 0.3) is 0 Å². The fourth-order valence-corrected chi connectivity index (χ4v) is 1.03. The summed E-state index contributed by atoms with van der Waals surface area (Å²) in [7, 11) is 4.08. The molecular weight excluding hydrogens is 198 g/mol. The van der Waals surface area contributed by atoms with Crippen molar-refractivity contribution in [2.45, 2.75) is 20.8 Å². The number of hydrogen-bond acceptors (Lipinski definition) is 2. The number of rotatable bonds is 4. The van der Waals surface area contributed by atoms with Gasteiger partial charge in [-0.3, -0.25) is 0 Å². The molecule has 2 heteroatoms. The minimum Gasteiger partial charge on any atom is -0.380 e. The van der Waals surface area contributed by atoms with Crippen LogP contribution in [0, 0.1) is 13.8 Å². The second-order valence-corrected chi connectivity index (χ2v) is 4.15. The third-order valence-corrected chi connectivity index (χ3v) is 2.11. The van der Waals surface area contributed by atoms with Gasteiger partial charge in [0.1, 0.15) is 0 Å². The molecule has 0 bridgehead atoms. The van der Waals surface area contributed by atoms with E-state index in [1.165, 1.54) is 11.1 Å². The molecule has 0 unspecified atom stereocenters. The van der Waals surface area contributed by atoms with Gasteiger partial charge in [-0.1, -0.05) is 35.4 Å². The third kappa shape index (κ3) is 9.69. The summed E-state index contributed by atoms with van der Waals surface area (Å²) in [6.07, 6.45) is 0. The van der Waals surface area contributed by atoms with Crippen LogP contribution in [0.1, 0.15) is 18.1 Å². The van der Waals surface area contributed by atoms with Gasteiger partial charge in [0, 0.05) is 13.2 Å². The van der Waals surface area contributed by atoms with Gasteiger partial charge in [0.05, 0.1) is 6.61 Å². The van der Waals surface area contributed by atoms with Crippen LogP contribution in [0.4, 0.5) is 0 Å². The number of benzene rings is 1. The topological polar surface area (TPSA) is 12.5 Å². The van der Waals surface area contributed by atoms with Crippen molar-refractivity contribution in [1.29, 1.82) is 0 Å². The average molecular weight is 223 g/mol. The van der Waals surface area contributed by atoms with Crippen LogP contribution in [0.15, 0.2) is 24.3 Å². The van der Waals surface area contributed by atoms with Gasteiger partial charge in [-0.2, -0.15) is 0 Å². The molecule has 2 nitrogen and oxygen atoms in total. The number of nitrogens with zero attached hydrogens (tertiary/aromatic N) is 1. The number of aryl methyl sites for hydroxylation is 2. The number of ether oxygens (including phenoxy) is 1. The maximum absolute atomic E-state index is 5.10. The largest absolute Gasteiger partial charge is 0.380 e. The molecule has 0 aliphatic rings. The Bertz CT molecular complexity index is 233. The summed E-state index contributed by atoms with van der Waals surface area (Å²) < 4.78 is 5.10. The van der Waals surface area contributed by atoms with Crippen molar-refractivity contribution < 1.29 is 4.74 Å². The number of likely N-dealkylation sites (N-methyl/N-ethyl adjacent to an activating group) is 1. The Hall–Kier alpha value is -0.860. The first-order valence-corrected chi connectivity index (χ1v) is 5.82. The predicted octanol–water partition coefficient (Wildman–Crippen LogP) is 2.89. The van der Waals surface area contributed by atoms with E-state index in [1.807, 2.05) is 21.0 Å². The van der Waals surface area contributed by atoms with Gasteiger partial charge in [0.2, 0.25) is 0 Å². The van der Waals surface area contributed by atoms with Crippen molar-refractivity contribution in [2.75, 3.05) is 33.9 Å². The minimum absolute atomic E-state index is 0.827. The maximum Gasteiger partial charge on any atom is 0.0593 e. The molecule has 0 spiro atoms. The fraction of sp³-hybridized carbons (Fsp3) is 0.571. The summed E-state index contributed by atoms with van der Waals surface area (Å²) in [5.41, 5.74) is 2.66. The molecule has 1 aromatic carbocycles. The lowest BCUT2D eigenvalue weighted by molar-refractivity contribution is 0.129. The van der Waals surface area contributed by atoms with Crippen LogP contribution >= 0.6 is 0 Å². The van der Waals surface area contributed by atoms with Crippen molar-refractivity contribution in [1.82, 2.24) is 4.90 Å². The second kappa shape index (κ2) is 9.37. The molecule has 0 fully saturated rings. The Kier molecular flexibility index (Phi) is 8.87. The standard InChI is InChI=1S/C8H10.C6H15NO/c1-7-3-5-8(2)6-4-7;1-4-8-6-5-7(2)3/h3-6H,1-2H3;4-6H2,1-3H3. The second-order valence-electron chi connectivity index (χ2n) is 4.15. The average Bonchev–Trinajstić information content (AvgIpc) is 2.23. The molecule has 0 saturated carbocycles. The predicted molar refractivity (Wildman–Crippen MR) is 71.0 cm³/mol. The summed E-state index contributed by atoms with van der Waals surface area (Å²) in [6.45, 7) is 8.90. The summed E-state index contributed by atoms with van der Waals surface area (Å²) in [5.74, 6) is 0. The maximum atomic E-state index is 5.10. The van der Waals surface area contributed by atoms with E-state index in [2.05, 4.69) is 43.0 Å². The van der Waals surface area contributed by atoms with Crippen LogP contribution in [-0.2, 0) is 4.74 Å². The molecular formula is C14H25NO. The highest BCUT2D eigenvalue weighted by atomic mass is 16.5. The van der Waals surface area contributed by atoms with E-state index < -0.39 is 0 Å². The minimum atomic E-state index is 0.827. The zero-order chi connectivity index (χ0) is 12.4. The fourth-order valence-electron chi connectivity index (χ4n) is 1.03. The monoisotopic (exact) mass is 223 g/mol. The van der Waals surface area contributed by atoms with Gasteiger partial charge in [-0.05, 0) is 34.9 Å². The third-order valence-electron chi connectivity index (χ3n) is 2.11. The van der Waals surface area contributed by atoms with Crippen LogP contribution in [-0.4, -0.2) is 38.8 Å². The van der Waals surface area contributed by atoms with Crippen molar-refractivity contribution in [3.8, 4) is 0 Å². The van der Waals surface area contributed by atoms with Gasteiger partial charge in [-0.15, -0.1) is 0 Å². The van der Waals surface area contributed by atoms with E-state index in [-0.39, 0.29) is 0 Å². The highest BCUT2D eigenvalue weighted by molar-refractivity contribution is 5.19. The summed E-state index contributed by atoms with van der Waals surface area (Å²) in [6, 6.07) is 8.48. The molecule has 0 aliphatic carbocycles. The Morgan fingerprint density at radius 1 is 1.00 bits per heavy atom.